The van der Waals surface area contributed by atoms with E-state index in [0.717, 1.165) is 18.5 Å². The monoisotopic (exact) mass is 254 g/mol. The number of ketones is 1. The highest BCUT2D eigenvalue weighted by atomic mass is 16.1. The number of nitrogens with two attached hydrogens (primary N) is 1. The van der Waals surface area contributed by atoms with Crippen LogP contribution in [0.2, 0.25) is 0 Å². The SMILES string of the molecule is CCCc1ccc(C(=O)c2ccnc(CN)c2)cc1. The Morgan fingerprint density at radius 1 is 1.16 bits per heavy atom. The van der Waals surface area contributed by atoms with Gasteiger partial charge in [-0.15, -0.1) is 0 Å². The predicted molar refractivity (Wildman–Crippen MR) is 76.0 cm³/mol. The molecule has 2 rings (SSSR count). The first-order valence-corrected chi connectivity index (χ1v) is 6.53. The second kappa shape index (κ2) is 6.25. The van der Waals surface area contributed by atoms with Crippen LogP contribution in [0.1, 0.15) is 40.5 Å². The molecule has 0 saturated heterocycles. The van der Waals surface area contributed by atoms with E-state index >= 15 is 0 Å². The molecule has 2 aromatic rings. The smallest absolute Gasteiger partial charge is 0.193 e. The molecule has 98 valence electrons. The van der Waals surface area contributed by atoms with Gasteiger partial charge in [-0.25, -0.2) is 0 Å². The summed E-state index contributed by atoms with van der Waals surface area (Å²) < 4.78 is 0. The Morgan fingerprint density at radius 3 is 2.53 bits per heavy atom. The normalized spacial score (nSPS) is 10.4. The number of aryl methyl sites for hydroxylation is 1. The van der Waals surface area contributed by atoms with Gasteiger partial charge in [0.1, 0.15) is 0 Å². The Balaban J connectivity index is 2.22. The van der Waals surface area contributed by atoms with Crippen molar-refractivity contribution in [2.75, 3.05) is 0 Å². The highest BCUT2D eigenvalue weighted by molar-refractivity contribution is 6.08. The summed E-state index contributed by atoms with van der Waals surface area (Å²) >= 11 is 0. The number of aromatic nitrogens is 1. The Hall–Kier alpha value is -2.00. The van der Waals surface area contributed by atoms with Gasteiger partial charge in [-0.1, -0.05) is 37.6 Å². The van der Waals surface area contributed by atoms with Crippen LogP contribution in [-0.2, 0) is 13.0 Å². The highest BCUT2D eigenvalue weighted by Crippen LogP contribution is 2.12. The van der Waals surface area contributed by atoms with Crippen LogP contribution in [0.15, 0.2) is 42.6 Å². The fourth-order valence-corrected chi connectivity index (χ4v) is 2.01. The number of hydrogen-bond donors (Lipinski definition) is 1. The molecule has 0 spiro atoms. The summed E-state index contributed by atoms with van der Waals surface area (Å²) in [6.07, 6.45) is 3.78. The summed E-state index contributed by atoms with van der Waals surface area (Å²) in [6.45, 7) is 2.49. The standard InChI is InChI=1S/C16H18N2O/c1-2-3-12-4-6-13(7-5-12)16(19)14-8-9-18-15(10-14)11-17/h4-10H,2-3,11,17H2,1H3. The Labute approximate surface area is 113 Å². The zero-order chi connectivity index (χ0) is 13.7. The van der Waals surface area contributed by atoms with E-state index in [4.69, 9.17) is 5.73 Å². The van der Waals surface area contributed by atoms with E-state index in [-0.39, 0.29) is 5.78 Å². The van der Waals surface area contributed by atoms with Crippen LogP contribution in [0.25, 0.3) is 0 Å². The number of rotatable bonds is 5. The Morgan fingerprint density at radius 2 is 1.89 bits per heavy atom. The third-order valence-corrected chi connectivity index (χ3v) is 3.04. The van der Waals surface area contributed by atoms with Gasteiger partial charge in [0, 0.05) is 23.9 Å². The van der Waals surface area contributed by atoms with E-state index in [1.165, 1.54) is 5.56 Å². The summed E-state index contributed by atoms with van der Waals surface area (Å²) in [7, 11) is 0. The lowest BCUT2D eigenvalue weighted by atomic mass is 10.0. The maximum absolute atomic E-state index is 12.3. The van der Waals surface area contributed by atoms with Crippen molar-refractivity contribution in [2.45, 2.75) is 26.3 Å². The highest BCUT2D eigenvalue weighted by Gasteiger charge is 2.09. The molecule has 0 bridgehead atoms. The summed E-state index contributed by atoms with van der Waals surface area (Å²) in [4.78, 5) is 16.4. The van der Waals surface area contributed by atoms with Crippen molar-refractivity contribution in [2.24, 2.45) is 5.73 Å². The van der Waals surface area contributed by atoms with E-state index in [2.05, 4.69) is 11.9 Å². The molecule has 2 N–H and O–H groups in total. The number of benzene rings is 1. The quantitative estimate of drug-likeness (QED) is 0.835. The van der Waals surface area contributed by atoms with Crippen molar-refractivity contribution in [3.63, 3.8) is 0 Å². The third kappa shape index (κ3) is 3.26. The number of carbonyl (C=O) groups is 1. The molecule has 3 heteroatoms. The van der Waals surface area contributed by atoms with Gasteiger partial charge >= 0.3 is 0 Å². The van der Waals surface area contributed by atoms with Gasteiger partial charge in [0.2, 0.25) is 0 Å². The van der Waals surface area contributed by atoms with Gasteiger partial charge in [-0.05, 0) is 24.1 Å². The first-order valence-electron chi connectivity index (χ1n) is 6.53. The number of pyridine rings is 1. The van der Waals surface area contributed by atoms with E-state index in [9.17, 15) is 4.79 Å². The topological polar surface area (TPSA) is 56.0 Å². The van der Waals surface area contributed by atoms with Crippen molar-refractivity contribution in [1.29, 1.82) is 0 Å². The first-order chi connectivity index (χ1) is 9.24. The van der Waals surface area contributed by atoms with Crippen LogP contribution in [0.4, 0.5) is 0 Å². The molecule has 0 unspecified atom stereocenters. The van der Waals surface area contributed by atoms with Gasteiger partial charge in [-0.2, -0.15) is 0 Å². The fraction of sp³-hybridized carbons (Fsp3) is 0.250. The molecule has 0 fully saturated rings. The third-order valence-electron chi connectivity index (χ3n) is 3.04. The lowest BCUT2D eigenvalue weighted by molar-refractivity contribution is 0.103. The molecule has 19 heavy (non-hydrogen) atoms. The molecule has 1 heterocycles. The Kier molecular flexibility index (Phi) is 4.42. The van der Waals surface area contributed by atoms with Crippen molar-refractivity contribution < 1.29 is 4.79 Å². The van der Waals surface area contributed by atoms with E-state index in [1.807, 2.05) is 24.3 Å². The first kappa shape index (κ1) is 13.4. The van der Waals surface area contributed by atoms with Crippen LogP contribution in [-0.4, -0.2) is 10.8 Å². The van der Waals surface area contributed by atoms with E-state index in [0.29, 0.717) is 17.7 Å². The van der Waals surface area contributed by atoms with Crippen molar-refractivity contribution >= 4 is 5.78 Å². The number of nitrogens with zero attached hydrogens (tertiary/aromatic N) is 1. The van der Waals surface area contributed by atoms with Crippen molar-refractivity contribution in [3.05, 3.63) is 65.0 Å². The molecule has 3 nitrogen and oxygen atoms in total. The second-order valence-corrected chi connectivity index (χ2v) is 4.52. The Bertz CT molecular complexity index is 561. The largest absolute Gasteiger partial charge is 0.325 e. The van der Waals surface area contributed by atoms with Gasteiger partial charge in [0.25, 0.3) is 0 Å². The van der Waals surface area contributed by atoms with Gasteiger partial charge < -0.3 is 5.73 Å². The summed E-state index contributed by atoms with van der Waals surface area (Å²) in [5.74, 6) is 0.0140. The van der Waals surface area contributed by atoms with Crippen molar-refractivity contribution in [1.82, 2.24) is 4.98 Å². The average molecular weight is 254 g/mol. The average Bonchev–Trinajstić information content (AvgIpc) is 2.48. The molecule has 0 radical (unpaired) electrons. The summed E-state index contributed by atoms with van der Waals surface area (Å²) in [5.41, 5.74) is 8.87. The molecule has 0 amide bonds. The number of carbonyl (C=O) groups excluding carboxylic acids is 1. The van der Waals surface area contributed by atoms with Crippen LogP contribution < -0.4 is 5.73 Å². The van der Waals surface area contributed by atoms with E-state index in [1.54, 1.807) is 18.3 Å². The summed E-state index contributed by atoms with van der Waals surface area (Å²) in [5, 5.41) is 0. The minimum atomic E-state index is 0.0140. The molecule has 0 aliphatic carbocycles. The lowest BCUT2D eigenvalue weighted by Gasteiger charge is -2.04. The van der Waals surface area contributed by atoms with E-state index < -0.39 is 0 Å². The molecular formula is C16H18N2O. The second-order valence-electron chi connectivity index (χ2n) is 4.52. The van der Waals surface area contributed by atoms with Crippen LogP contribution in [0.3, 0.4) is 0 Å². The molecule has 0 atom stereocenters. The van der Waals surface area contributed by atoms with Gasteiger partial charge in [-0.3, -0.25) is 9.78 Å². The summed E-state index contributed by atoms with van der Waals surface area (Å²) in [6, 6.07) is 11.3. The minimum absolute atomic E-state index is 0.0140. The number of hydrogen-bond acceptors (Lipinski definition) is 3. The van der Waals surface area contributed by atoms with Crippen LogP contribution in [0, 0.1) is 0 Å². The fourth-order valence-electron chi connectivity index (χ4n) is 2.01. The molecular weight excluding hydrogens is 236 g/mol. The van der Waals surface area contributed by atoms with Crippen LogP contribution in [0.5, 0.6) is 0 Å². The maximum Gasteiger partial charge on any atom is 0.193 e. The minimum Gasteiger partial charge on any atom is -0.325 e. The van der Waals surface area contributed by atoms with Crippen LogP contribution >= 0.6 is 0 Å². The molecule has 1 aromatic heterocycles. The zero-order valence-electron chi connectivity index (χ0n) is 11.1. The van der Waals surface area contributed by atoms with Crippen molar-refractivity contribution in [3.8, 4) is 0 Å². The molecule has 0 aliphatic rings. The maximum atomic E-state index is 12.3. The molecule has 0 aliphatic heterocycles. The molecule has 1 aromatic carbocycles. The van der Waals surface area contributed by atoms with Gasteiger partial charge in [0.15, 0.2) is 5.78 Å². The molecule has 0 saturated carbocycles. The predicted octanol–water partition coefficient (Wildman–Crippen LogP) is 2.72. The lowest BCUT2D eigenvalue weighted by Crippen LogP contribution is -2.05. The van der Waals surface area contributed by atoms with Gasteiger partial charge in [0.05, 0.1) is 5.69 Å². The zero-order valence-corrected chi connectivity index (χ0v) is 11.1.